The molecule has 0 bridgehead atoms. The van der Waals surface area contributed by atoms with E-state index in [-0.39, 0.29) is 16.8 Å². The highest BCUT2D eigenvalue weighted by Gasteiger charge is 2.18. The first-order valence-electron chi connectivity index (χ1n) is 7.52. The maximum atomic E-state index is 12.3. The molecule has 8 heteroatoms. The second-order valence-electron chi connectivity index (χ2n) is 5.57. The van der Waals surface area contributed by atoms with Crippen molar-refractivity contribution in [3.05, 3.63) is 58.1 Å². The average molecular weight is 378 g/mol. The number of nitrogens with one attached hydrogen (secondary N) is 1. The van der Waals surface area contributed by atoms with Crippen LogP contribution in [0.4, 0.5) is 5.69 Å². The fraction of sp³-hybridized carbons (Fsp3) is 0.167. The van der Waals surface area contributed by atoms with Crippen molar-refractivity contribution < 1.29 is 29.3 Å². The van der Waals surface area contributed by atoms with Crippen molar-refractivity contribution in [2.45, 2.75) is 20.0 Å². The number of amides is 1. The molecular formula is C18H16ClNO6. The van der Waals surface area contributed by atoms with Gasteiger partial charge in [0, 0.05) is 10.7 Å². The summed E-state index contributed by atoms with van der Waals surface area (Å²) in [5.74, 6) is -2.69. The summed E-state index contributed by atoms with van der Waals surface area (Å²) in [4.78, 5) is 34.5. The Bertz CT molecular complexity index is 848. The molecule has 26 heavy (non-hydrogen) atoms. The predicted octanol–water partition coefficient (Wildman–Crippen LogP) is 3.45. The van der Waals surface area contributed by atoms with E-state index in [0.717, 1.165) is 11.6 Å². The standard InChI is InChI=1S/C18H16ClNO6/c1-9-5-13(19)3-4-15(9)26-10(2)16(21)20-14-7-11(17(22)23)6-12(8-14)18(24)25/h3-8,10H,1-2H3,(H,20,21)(H,22,23)(H,24,25). The van der Waals surface area contributed by atoms with Crippen molar-refractivity contribution in [1.29, 1.82) is 0 Å². The Morgan fingerprint density at radius 1 is 1.04 bits per heavy atom. The number of carboxylic acids is 2. The van der Waals surface area contributed by atoms with Gasteiger partial charge in [0.05, 0.1) is 11.1 Å². The zero-order valence-electron chi connectivity index (χ0n) is 13.9. The highest BCUT2D eigenvalue weighted by Crippen LogP contribution is 2.23. The molecule has 1 unspecified atom stereocenters. The van der Waals surface area contributed by atoms with Gasteiger partial charge in [-0.1, -0.05) is 11.6 Å². The molecule has 136 valence electrons. The van der Waals surface area contributed by atoms with E-state index >= 15 is 0 Å². The molecule has 0 aliphatic carbocycles. The molecule has 0 heterocycles. The van der Waals surface area contributed by atoms with Gasteiger partial charge in [-0.05, 0) is 55.8 Å². The van der Waals surface area contributed by atoms with E-state index in [9.17, 15) is 14.4 Å². The Balaban J connectivity index is 2.17. The lowest BCUT2D eigenvalue weighted by atomic mass is 10.1. The van der Waals surface area contributed by atoms with E-state index in [0.29, 0.717) is 10.8 Å². The summed E-state index contributed by atoms with van der Waals surface area (Å²) in [6.07, 6.45) is -0.906. The maximum Gasteiger partial charge on any atom is 0.335 e. The minimum absolute atomic E-state index is 0.0515. The van der Waals surface area contributed by atoms with Crippen LogP contribution in [-0.2, 0) is 4.79 Å². The molecule has 0 aliphatic rings. The van der Waals surface area contributed by atoms with Gasteiger partial charge in [-0.3, -0.25) is 4.79 Å². The Hall–Kier alpha value is -3.06. The molecule has 1 atom stereocenters. The third-order valence-electron chi connectivity index (χ3n) is 3.50. The lowest BCUT2D eigenvalue weighted by Crippen LogP contribution is -2.30. The summed E-state index contributed by atoms with van der Waals surface area (Å²) >= 11 is 5.87. The number of carboxylic acid groups (broad SMARTS) is 2. The van der Waals surface area contributed by atoms with Gasteiger partial charge in [0.2, 0.25) is 0 Å². The normalized spacial score (nSPS) is 11.5. The smallest absolute Gasteiger partial charge is 0.335 e. The summed E-state index contributed by atoms with van der Waals surface area (Å²) < 4.78 is 5.59. The number of carbonyl (C=O) groups excluding carboxylic acids is 1. The Morgan fingerprint density at radius 2 is 1.62 bits per heavy atom. The SMILES string of the molecule is Cc1cc(Cl)ccc1OC(C)C(=O)Nc1cc(C(=O)O)cc(C(=O)O)c1. The average Bonchev–Trinajstić information content (AvgIpc) is 2.56. The molecule has 2 rings (SSSR count). The van der Waals surface area contributed by atoms with Crippen molar-refractivity contribution >= 4 is 35.1 Å². The van der Waals surface area contributed by atoms with Crippen LogP contribution in [0.25, 0.3) is 0 Å². The number of benzene rings is 2. The zero-order valence-corrected chi connectivity index (χ0v) is 14.7. The van der Waals surface area contributed by atoms with Crippen molar-refractivity contribution in [3.8, 4) is 5.75 Å². The Morgan fingerprint density at radius 3 is 2.12 bits per heavy atom. The largest absolute Gasteiger partial charge is 0.481 e. The van der Waals surface area contributed by atoms with Crippen LogP contribution in [-0.4, -0.2) is 34.2 Å². The van der Waals surface area contributed by atoms with Crippen molar-refractivity contribution in [1.82, 2.24) is 0 Å². The molecule has 0 saturated carbocycles. The van der Waals surface area contributed by atoms with Crippen LogP contribution in [0.2, 0.25) is 5.02 Å². The molecule has 1 amide bonds. The summed E-state index contributed by atoms with van der Waals surface area (Å²) in [6, 6.07) is 8.31. The van der Waals surface area contributed by atoms with Crippen LogP contribution in [0.15, 0.2) is 36.4 Å². The summed E-state index contributed by atoms with van der Waals surface area (Å²) in [7, 11) is 0. The van der Waals surface area contributed by atoms with E-state index in [2.05, 4.69) is 5.32 Å². The first kappa shape index (κ1) is 19.3. The number of hydrogen-bond donors (Lipinski definition) is 3. The van der Waals surface area contributed by atoms with Crippen LogP contribution < -0.4 is 10.1 Å². The predicted molar refractivity (Wildman–Crippen MR) is 95.3 cm³/mol. The van der Waals surface area contributed by atoms with E-state index in [1.807, 2.05) is 0 Å². The molecule has 2 aromatic rings. The second-order valence-corrected chi connectivity index (χ2v) is 6.00. The van der Waals surface area contributed by atoms with Crippen LogP contribution in [0.5, 0.6) is 5.75 Å². The molecule has 2 aromatic carbocycles. The first-order valence-corrected chi connectivity index (χ1v) is 7.90. The number of ether oxygens (including phenoxy) is 1. The number of halogens is 1. The molecule has 0 spiro atoms. The topological polar surface area (TPSA) is 113 Å². The molecule has 0 aromatic heterocycles. The number of aromatic carboxylic acids is 2. The van der Waals surface area contributed by atoms with Gasteiger partial charge in [-0.15, -0.1) is 0 Å². The van der Waals surface area contributed by atoms with Crippen LogP contribution in [0.3, 0.4) is 0 Å². The molecule has 7 nitrogen and oxygen atoms in total. The second kappa shape index (κ2) is 7.88. The van der Waals surface area contributed by atoms with Gasteiger partial charge in [0.1, 0.15) is 5.75 Å². The lowest BCUT2D eigenvalue weighted by Gasteiger charge is -2.17. The van der Waals surface area contributed by atoms with Gasteiger partial charge in [-0.2, -0.15) is 0 Å². The minimum atomic E-state index is -1.30. The van der Waals surface area contributed by atoms with Gasteiger partial charge in [0.15, 0.2) is 6.10 Å². The fourth-order valence-electron chi connectivity index (χ4n) is 2.18. The van der Waals surface area contributed by atoms with Crippen molar-refractivity contribution in [3.63, 3.8) is 0 Å². The fourth-order valence-corrected chi connectivity index (χ4v) is 2.41. The molecule has 0 saturated heterocycles. The van der Waals surface area contributed by atoms with Gasteiger partial charge in [0.25, 0.3) is 5.91 Å². The molecule has 0 fully saturated rings. The maximum absolute atomic E-state index is 12.3. The van der Waals surface area contributed by atoms with Gasteiger partial charge >= 0.3 is 11.9 Å². The number of carbonyl (C=O) groups is 3. The third-order valence-corrected chi connectivity index (χ3v) is 3.74. The third kappa shape index (κ3) is 4.73. The molecule has 3 N–H and O–H groups in total. The van der Waals surface area contributed by atoms with Crippen LogP contribution >= 0.6 is 11.6 Å². The quantitative estimate of drug-likeness (QED) is 0.710. The van der Waals surface area contributed by atoms with E-state index in [1.54, 1.807) is 25.1 Å². The number of rotatable bonds is 6. The summed E-state index contributed by atoms with van der Waals surface area (Å²) in [5, 5.41) is 21.1. The molecular weight excluding hydrogens is 362 g/mol. The molecule has 0 aliphatic heterocycles. The number of aryl methyl sites for hydroxylation is 1. The van der Waals surface area contributed by atoms with Crippen LogP contribution in [0.1, 0.15) is 33.2 Å². The number of anilines is 1. The Kier molecular flexibility index (Phi) is 5.84. The van der Waals surface area contributed by atoms with E-state index in [4.69, 9.17) is 26.6 Å². The highest BCUT2D eigenvalue weighted by molar-refractivity contribution is 6.30. The van der Waals surface area contributed by atoms with Gasteiger partial charge in [-0.25, -0.2) is 9.59 Å². The lowest BCUT2D eigenvalue weighted by molar-refractivity contribution is -0.122. The summed E-state index contributed by atoms with van der Waals surface area (Å²) in [6.45, 7) is 3.30. The Labute approximate surface area is 154 Å². The minimum Gasteiger partial charge on any atom is -0.481 e. The van der Waals surface area contributed by atoms with Crippen molar-refractivity contribution in [2.24, 2.45) is 0 Å². The van der Waals surface area contributed by atoms with E-state index in [1.165, 1.54) is 19.1 Å². The zero-order chi connectivity index (χ0) is 19.4. The number of hydrogen-bond acceptors (Lipinski definition) is 4. The van der Waals surface area contributed by atoms with Gasteiger partial charge < -0.3 is 20.3 Å². The molecule has 0 radical (unpaired) electrons. The van der Waals surface area contributed by atoms with E-state index < -0.39 is 23.9 Å². The summed E-state index contributed by atoms with van der Waals surface area (Å²) in [5.41, 5.74) is 0.304. The van der Waals surface area contributed by atoms with Crippen LogP contribution in [0, 0.1) is 6.92 Å². The highest BCUT2D eigenvalue weighted by atomic mass is 35.5. The van der Waals surface area contributed by atoms with Crippen molar-refractivity contribution in [2.75, 3.05) is 5.32 Å². The first-order chi connectivity index (χ1) is 12.2. The monoisotopic (exact) mass is 377 g/mol.